The first kappa shape index (κ1) is 25.5. The maximum Gasteiger partial charge on any atom is 0.313 e. The van der Waals surface area contributed by atoms with Crippen LogP contribution in [0.2, 0.25) is 5.02 Å². The van der Waals surface area contributed by atoms with Gasteiger partial charge in [0.1, 0.15) is 18.2 Å². The molecule has 0 fully saturated rings. The van der Waals surface area contributed by atoms with Gasteiger partial charge >= 0.3 is 5.69 Å². The second kappa shape index (κ2) is 11.0. The minimum Gasteiger partial charge on any atom is -0.481 e. The van der Waals surface area contributed by atoms with Gasteiger partial charge in [0.2, 0.25) is 5.75 Å². The number of hydrogen-bond donors (Lipinski definition) is 0. The van der Waals surface area contributed by atoms with Gasteiger partial charge < -0.3 is 4.74 Å². The van der Waals surface area contributed by atoms with Crippen molar-refractivity contribution in [3.8, 4) is 5.75 Å². The quantitative estimate of drug-likeness (QED) is 0.140. The lowest BCUT2D eigenvalue weighted by atomic mass is 10.2. The summed E-state index contributed by atoms with van der Waals surface area (Å²) >= 11 is 9.68. The van der Waals surface area contributed by atoms with Crippen molar-refractivity contribution in [3.05, 3.63) is 107 Å². The van der Waals surface area contributed by atoms with Gasteiger partial charge in [-0.3, -0.25) is 14.9 Å². The van der Waals surface area contributed by atoms with Gasteiger partial charge in [-0.25, -0.2) is 9.37 Å². The van der Waals surface area contributed by atoms with Gasteiger partial charge in [0.25, 0.3) is 5.56 Å². The highest BCUT2D eigenvalue weighted by Crippen LogP contribution is 2.36. The van der Waals surface area contributed by atoms with Crippen molar-refractivity contribution in [1.82, 2.24) is 9.66 Å². The molecule has 0 aliphatic rings. The Labute approximate surface area is 218 Å². The molecule has 0 atom stereocenters. The van der Waals surface area contributed by atoms with Gasteiger partial charge in [-0.05, 0) is 48.4 Å². The van der Waals surface area contributed by atoms with E-state index in [-0.39, 0.29) is 28.6 Å². The van der Waals surface area contributed by atoms with E-state index >= 15 is 0 Å². The van der Waals surface area contributed by atoms with E-state index in [0.717, 1.165) is 10.9 Å². The second-order valence-corrected chi connectivity index (χ2v) is 9.15. The molecule has 0 saturated carbocycles. The topological polar surface area (TPSA) is 99.6 Å². The minimum absolute atomic E-state index is 0.00513. The van der Waals surface area contributed by atoms with Crippen LogP contribution in [0.15, 0.2) is 69.0 Å². The molecular weight excluding hydrogens is 555 g/mol. The Balaban J connectivity index is 1.70. The molecule has 0 saturated heterocycles. The number of halogens is 3. The van der Waals surface area contributed by atoms with Crippen LogP contribution < -0.4 is 10.3 Å². The third-order valence-corrected chi connectivity index (χ3v) is 5.98. The highest BCUT2D eigenvalue weighted by molar-refractivity contribution is 9.10. The summed E-state index contributed by atoms with van der Waals surface area (Å²) in [5.41, 5.74) is 0.739. The predicted molar refractivity (Wildman–Crippen MR) is 140 cm³/mol. The summed E-state index contributed by atoms with van der Waals surface area (Å²) in [7, 11) is 0. The summed E-state index contributed by atoms with van der Waals surface area (Å²) in [6, 6.07) is 13.5. The summed E-state index contributed by atoms with van der Waals surface area (Å²) in [6.45, 7) is 1.92. The predicted octanol–water partition coefficient (Wildman–Crippen LogP) is 6.27. The van der Waals surface area contributed by atoms with Crippen LogP contribution in [0.5, 0.6) is 5.75 Å². The number of nitro benzene ring substituents is 1. The lowest BCUT2D eigenvalue weighted by molar-refractivity contribution is -0.385. The van der Waals surface area contributed by atoms with Crippen LogP contribution in [0.4, 0.5) is 10.1 Å². The maximum atomic E-state index is 13.1. The first-order valence-electron chi connectivity index (χ1n) is 10.9. The SMILES string of the molecule is CCCc1nc2ccc(Br)cc2c(=O)n1N=Cc1cc(Cl)c(OCc2ccc(F)cc2)c([N+](=O)[O-])c1. The summed E-state index contributed by atoms with van der Waals surface area (Å²) < 4.78 is 20.6. The van der Waals surface area contributed by atoms with Gasteiger partial charge in [-0.15, -0.1) is 0 Å². The molecule has 0 radical (unpaired) electrons. The van der Waals surface area contributed by atoms with Crippen LogP contribution in [-0.2, 0) is 13.0 Å². The first-order valence-corrected chi connectivity index (χ1v) is 12.0. The fourth-order valence-electron chi connectivity index (χ4n) is 3.51. The Bertz CT molecular complexity index is 1540. The number of aryl methyl sites for hydroxylation is 1. The fourth-order valence-corrected chi connectivity index (χ4v) is 4.15. The van der Waals surface area contributed by atoms with Gasteiger partial charge in [0.05, 0.1) is 27.1 Å². The molecule has 36 heavy (non-hydrogen) atoms. The van der Waals surface area contributed by atoms with Crippen molar-refractivity contribution >= 4 is 50.3 Å². The molecule has 3 aromatic carbocycles. The Morgan fingerprint density at radius 1 is 1.22 bits per heavy atom. The number of hydrogen-bond acceptors (Lipinski definition) is 6. The smallest absolute Gasteiger partial charge is 0.313 e. The molecule has 0 spiro atoms. The normalized spacial score (nSPS) is 11.3. The van der Waals surface area contributed by atoms with E-state index in [1.54, 1.807) is 18.2 Å². The molecule has 1 aromatic heterocycles. The molecule has 0 aliphatic carbocycles. The molecule has 8 nitrogen and oxygen atoms in total. The van der Waals surface area contributed by atoms with Crippen molar-refractivity contribution < 1.29 is 14.1 Å². The molecule has 0 amide bonds. The second-order valence-electron chi connectivity index (χ2n) is 7.82. The van der Waals surface area contributed by atoms with E-state index in [4.69, 9.17) is 16.3 Å². The maximum absolute atomic E-state index is 13.1. The summed E-state index contributed by atoms with van der Waals surface area (Å²) in [5.74, 6) is -0.0560. The highest BCUT2D eigenvalue weighted by atomic mass is 79.9. The third kappa shape index (κ3) is 5.60. The molecule has 0 unspecified atom stereocenters. The number of rotatable bonds is 8. The Morgan fingerprint density at radius 2 is 1.97 bits per heavy atom. The number of ether oxygens (including phenoxy) is 1. The van der Waals surface area contributed by atoms with E-state index < -0.39 is 10.7 Å². The van der Waals surface area contributed by atoms with Gasteiger partial charge in [-0.2, -0.15) is 9.78 Å². The lowest BCUT2D eigenvalue weighted by Crippen LogP contribution is -2.22. The van der Waals surface area contributed by atoms with E-state index in [2.05, 4.69) is 26.0 Å². The van der Waals surface area contributed by atoms with Gasteiger partial charge in [-0.1, -0.05) is 46.6 Å². The average Bonchev–Trinajstić information content (AvgIpc) is 2.84. The Kier molecular flexibility index (Phi) is 7.76. The van der Waals surface area contributed by atoms with Crippen LogP contribution in [-0.4, -0.2) is 20.8 Å². The zero-order chi connectivity index (χ0) is 25.8. The Morgan fingerprint density at radius 3 is 2.67 bits per heavy atom. The zero-order valence-electron chi connectivity index (χ0n) is 19.0. The van der Waals surface area contributed by atoms with Crippen molar-refractivity contribution in [2.75, 3.05) is 0 Å². The molecular formula is C25H19BrClFN4O4. The molecule has 184 valence electrons. The number of nitrogens with zero attached hydrogens (tertiary/aromatic N) is 4. The summed E-state index contributed by atoms with van der Waals surface area (Å²) in [5, 5.41) is 16.4. The standard InChI is InChI=1S/C25H19BrClFN4O4/c1-2-3-23-30-21-9-6-17(26)12-19(21)25(33)31(23)29-13-16-10-20(27)24(22(11-16)32(34)35)36-14-15-4-7-18(28)8-5-15/h4-13H,2-3,14H2,1H3. The van der Waals surface area contributed by atoms with Crippen molar-refractivity contribution in [1.29, 1.82) is 0 Å². The number of nitro groups is 1. The Hall–Kier alpha value is -3.63. The van der Waals surface area contributed by atoms with Crippen LogP contribution in [0.3, 0.4) is 0 Å². The number of aromatic nitrogens is 2. The number of fused-ring (bicyclic) bond motifs is 1. The molecule has 1 heterocycles. The largest absolute Gasteiger partial charge is 0.481 e. The van der Waals surface area contributed by atoms with Gasteiger partial charge in [0, 0.05) is 22.5 Å². The van der Waals surface area contributed by atoms with Crippen molar-refractivity contribution in [3.63, 3.8) is 0 Å². The summed E-state index contributed by atoms with van der Waals surface area (Å²) in [4.78, 5) is 28.8. The van der Waals surface area contributed by atoms with E-state index in [1.165, 1.54) is 47.3 Å². The van der Waals surface area contributed by atoms with Crippen LogP contribution in [0.1, 0.15) is 30.3 Å². The highest BCUT2D eigenvalue weighted by Gasteiger charge is 2.21. The molecule has 0 aliphatic heterocycles. The van der Waals surface area contributed by atoms with Crippen molar-refractivity contribution in [2.24, 2.45) is 5.10 Å². The third-order valence-electron chi connectivity index (χ3n) is 5.21. The fraction of sp³-hybridized carbons (Fsp3) is 0.160. The van der Waals surface area contributed by atoms with Crippen LogP contribution in [0.25, 0.3) is 10.9 Å². The van der Waals surface area contributed by atoms with Crippen LogP contribution >= 0.6 is 27.5 Å². The van der Waals surface area contributed by atoms with Crippen LogP contribution in [0, 0.1) is 15.9 Å². The molecule has 4 rings (SSSR count). The van der Waals surface area contributed by atoms with E-state index in [1.807, 2.05) is 6.92 Å². The first-order chi connectivity index (χ1) is 17.3. The average molecular weight is 574 g/mol. The lowest BCUT2D eigenvalue weighted by Gasteiger charge is -2.10. The van der Waals surface area contributed by atoms with Gasteiger partial charge in [0.15, 0.2) is 0 Å². The van der Waals surface area contributed by atoms with Crippen molar-refractivity contribution in [2.45, 2.75) is 26.4 Å². The zero-order valence-corrected chi connectivity index (χ0v) is 21.3. The molecule has 0 N–H and O–H groups in total. The molecule has 11 heteroatoms. The number of benzene rings is 3. The molecule has 4 aromatic rings. The molecule has 0 bridgehead atoms. The van der Waals surface area contributed by atoms with E-state index in [9.17, 15) is 19.3 Å². The van der Waals surface area contributed by atoms with E-state index in [0.29, 0.717) is 34.3 Å². The summed E-state index contributed by atoms with van der Waals surface area (Å²) in [6.07, 6.45) is 2.56. The monoisotopic (exact) mass is 572 g/mol. The minimum atomic E-state index is -0.618.